The van der Waals surface area contributed by atoms with Crippen LogP contribution in [0.3, 0.4) is 0 Å². The minimum Gasteiger partial charge on any atom is -0.497 e. The number of hydrogen-bond acceptors (Lipinski definition) is 5. The fourth-order valence-electron chi connectivity index (χ4n) is 4.58. The Morgan fingerprint density at radius 3 is 2.15 bits per heavy atom. The molecule has 34 heavy (non-hydrogen) atoms. The van der Waals surface area contributed by atoms with E-state index in [-0.39, 0.29) is 23.2 Å². The number of piperidine rings is 1. The summed E-state index contributed by atoms with van der Waals surface area (Å²) < 4.78 is 6.59. The number of aromatic nitrogens is 2. The number of methoxy groups -OCH3 is 1. The van der Waals surface area contributed by atoms with E-state index in [9.17, 15) is 19.5 Å². The Morgan fingerprint density at radius 2 is 1.53 bits per heavy atom. The summed E-state index contributed by atoms with van der Waals surface area (Å²) in [5, 5.41) is 13.9. The second-order valence-corrected chi connectivity index (χ2v) is 8.32. The van der Waals surface area contributed by atoms with Crippen molar-refractivity contribution < 1.29 is 24.2 Å². The van der Waals surface area contributed by atoms with Gasteiger partial charge in [0.2, 0.25) is 5.91 Å². The lowest BCUT2D eigenvalue weighted by Crippen LogP contribution is -2.39. The van der Waals surface area contributed by atoms with Crippen molar-refractivity contribution in [3.63, 3.8) is 0 Å². The first-order valence-corrected chi connectivity index (χ1v) is 11.2. The van der Waals surface area contributed by atoms with Crippen LogP contribution in [0.4, 0.5) is 11.4 Å². The van der Waals surface area contributed by atoms with Gasteiger partial charge in [-0.05, 0) is 67.8 Å². The van der Waals surface area contributed by atoms with Crippen LogP contribution in [0, 0.1) is 0 Å². The molecule has 2 aliphatic heterocycles. The van der Waals surface area contributed by atoms with Crippen LogP contribution in [0.5, 0.6) is 5.75 Å². The number of fused-ring (bicyclic) bond motifs is 1. The van der Waals surface area contributed by atoms with Crippen LogP contribution in [0.15, 0.2) is 48.5 Å². The summed E-state index contributed by atoms with van der Waals surface area (Å²) in [5.41, 5.74) is 2.62. The lowest BCUT2D eigenvalue weighted by molar-refractivity contribution is -0.119. The minimum atomic E-state index is -1.17. The first-order chi connectivity index (χ1) is 16.5. The molecule has 2 aromatic carbocycles. The number of ether oxygens (including phenoxy) is 1. The van der Waals surface area contributed by atoms with Crippen molar-refractivity contribution in [2.45, 2.75) is 25.7 Å². The smallest absolute Gasteiger partial charge is 0.356 e. The van der Waals surface area contributed by atoms with Crippen molar-refractivity contribution in [3.05, 3.63) is 65.5 Å². The third-order valence-electron chi connectivity index (χ3n) is 6.33. The van der Waals surface area contributed by atoms with E-state index in [1.54, 1.807) is 41.2 Å². The van der Waals surface area contributed by atoms with Gasteiger partial charge >= 0.3 is 5.97 Å². The second kappa shape index (κ2) is 8.66. The number of carbonyl (C=O) groups is 3. The second-order valence-electron chi connectivity index (χ2n) is 8.32. The zero-order valence-electron chi connectivity index (χ0n) is 18.7. The van der Waals surface area contributed by atoms with Gasteiger partial charge in [-0.3, -0.25) is 9.59 Å². The summed E-state index contributed by atoms with van der Waals surface area (Å²) in [4.78, 5) is 41.1. The summed E-state index contributed by atoms with van der Waals surface area (Å²) in [6, 6.07) is 14.3. The van der Waals surface area contributed by atoms with Gasteiger partial charge < -0.3 is 19.6 Å². The number of hydrogen-bond donors (Lipinski definition) is 1. The molecule has 1 aromatic heterocycles. The molecule has 1 fully saturated rings. The SMILES string of the molecule is COc1ccc(-n2nc(C(=O)O)c3c2C(=O)N(c2ccc(N4CCCCC4=O)cc2)CC3)cc1. The fraction of sp³-hybridized carbons (Fsp3) is 0.280. The monoisotopic (exact) mass is 460 g/mol. The highest BCUT2D eigenvalue weighted by Gasteiger charge is 2.35. The zero-order valence-corrected chi connectivity index (χ0v) is 18.7. The average molecular weight is 460 g/mol. The fourth-order valence-corrected chi connectivity index (χ4v) is 4.58. The number of benzene rings is 2. The summed E-state index contributed by atoms with van der Waals surface area (Å²) in [6.07, 6.45) is 2.81. The minimum absolute atomic E-state index is 0.113. The molecular weight excluding hydrogens is 436 g/mol. The molecule has 174 valence electrons. The predicted molar refractivity (Wildman–Crippen MR) is 125 cm³/mol. The summed E-state index contributed by atoms with van der Waals surface area (Å²) in [6.45, 7) is 1.03. The van der Waals surface area contributed by atoms with Crippen molar-refractivity contribution in [1.82, 2.24) is 9.78 Å². The van der Waals surface area contributed by atoms with Crippen LogP contribution in [-0.2, 0) is 11.2 Å². The van der Waals surface area contributed by atoms with Gasteiger partial charge in [-0.15, -0.1) is 0 Å². The van der Waals surface area contributed by atoms with E-state index >= 15 is 0 Å². The third-order valence-corrected chi connectivity index (χ3v) is 6.33. The largest absolute Gasteiger partial charge is 0.497 e. The molecule has 9 heteroatoms. The van der Waals surface area contributed by atoms with E-state index < -0.39 is 5.97 Å². The molecule has 1 N–H and O–H groups in total. The van der Waals surface area contributed by atoms with E-state index in [1.807, 2.05) is 24.3 Å². The first kappa shape index (κ1) is 21.7. The first-order valence-electron chi connectivity index (χ1n) is 11.2. The van der Waals surface area contributed by atoms with Gasteiger partial charge in [0, 0.05) is 36.4 Å². The molecule has 0 unspecified atom stereocenters. The van der Waals surface area contributed by atoms with Gasteiger partial charge in [-0.2, -0.15) is 5.10 Å². The van der Waals surface area contributed by atoms with Crippen LogP contribution in [0.25, 0.3) is 5.69 Å². The maximum Gasteiger partial charge on any atom is 0.356 e. The molecule has 3 aromatic rings. The van der Waals surface area contributed by atoms with Crippen molar-refractivity contribution >= 4 is 29.2 Å². The number of amides is 2. The third kappa shape index (κ3) is 3.68. The van der Waals surface area contributed by atoms with Crippen LogP contribution in [0.2, 0.25) is 0 Å². The molecule has 5 rings (SSSR count). The standard InChI is InChI=1S/C25H24N4O5/c1-34-19-11-9-18(10-12-19)29-23-20(22(26-29)25(32)33)13-15-28(24(23)31)17-7-5-16(6-8-17)27-14-3-2-4-21(27)30/h5-12H,2-4,13-15H2,1H3,(H,32,33). The number of nitrogens with zero attached hydrogens (tertiary/aromatic N) is 4. The van der Waals surface area contributed by atoms with Crippen LogP contribution in [0.1, 0.15) is 45.8 Å². The Balaban J connectivity index is 1.49. The molecule has 0 saturated carbocycles. The lowest BCUT2D eigenvalue weighted by Gasteiger charge is -2.29. The highest BCUT2D eigenvalue weighted by molar-refractivity contribution is 6.09. The molecular formula is C25H24N4O5. The number of anilines is 2. The number of carboxylic acid groups (broad SMARTS) is 1. The quantitative estimate of drug-likeness (QED) is 0.626. The Kier molecular flexibility index (Phi) is 5.53. The number of carboxylic acids is 1. The Bertz CT molecular complexity index is 1260. The Labute approximate surface area is 196 Å². The molecule has 2 aliphatic rings. The predicted octanol–water partition coefficient (Wildman–Crippen LogP) is 3.30. The normalized spacial score (nSPS) is 15.9. The molecule has 2 amide bonds. The van der Waals surface area contributed by atoms with E-state index in [2.05, 4.69) is 5.10 Å². The van der Waals surface area contributed by atoms with Crippen LogP contribution < -0.4 is 14.5 Å². The highest BCUT2D eigenvalue weighted by atomic mass is 16.5. The summed E-state index contributed by atoms with van der Waals surface area (Å²) in [5.74, 6) is -0.732. The van der Waals surface area contributed by atoms with Crippen molar-refractivity contribution in [2.24, 2.45) is 0 Å². The van der Waals surface area contributed by atoms with Gasteiger partial charge in [-0.1, -0.05) is 0 Å². The molecule has 3 heterocycles. The highest BCUT2D eigenvalue weighted by Crippen LogP contribution is 2.31. The van der Waals surface area contributed by atoms with E-state index in [1.165, 1.54) is 4.68 Å². The van der Waals surface area contributed by atoms with Crippen molar-refractivity contribution in [3.8, 4) is 11.4 Å². The summed E-state index contributed by atoms with van der Waals surface area (Å²) >= 11 is 0. The Hall–Kier alpha value is -4.14. The molecule has 0 spiro atoms. The van der Waals surface area contributed by atoms with Gasteiger partial charge in [0.1, 0.15) is 11.4 Å². The maximum atomic E-state index is 13.6. The van der Waals surface area contributed by atoms with E-state index in [0.717, 1.165) is 18.5 Å². The Morgan fingerprint density at radius 1 is 0.882 bits per heavy atom. The van der Waals surface area contributed by atoms with Gasteiger partial charge in [-0.25, -0.2) is 9.48 Å². The number of carbonyl (C=O) groups excluding carboxylic acids is 2. The average Bonchev–Trinajstić information content (AvgIpc) is 3.26. The molecule has 9 nitrogen and oxygen atoms in total. The number of rotatable bonds is 5. The van der Waals surface area contributed by atoms with E-state index in [0.29, 0.717) is 48.6 Å². The summed E-state index contributed by atoms with van der Waals surface area (Å²) in [7, 11) is 1.56. The van der Waals surface area contributed by atoms with Crippen LogP contribution in [-0.4, -0.2) is 52.9 Å². The van der Waals surface area contributed by atoms with Gasteiger partial charge in [0.05, 0.1) is 12.8 Å². The van der Waals surface area contributed by atoms with Crippen molar-refractivity contribution in [1.29, 1.82) is 0 Å². The van der Waals surface area contributed by atoms with Crippen molar-refractivity contribution in [2.75, 3.05) is 30.0 Å². The maximum absolute atomic E-state index is 13.6. The van der Waals surface area contributed by atoms with Gasteiger partial charge in [0.25, 0.3) is 5.91 Å². The molecule has 0 radical (unpaired) electrons. The molecule has 0 atom stereocenters. The van der Waals surface area contributed by atoms with Crippen LogP contribution >= 0.6 is 0 Å². The lowest BCUT2D eigenvalue weighted by atomic mass is 10.0. The molecule has 0 bridgehead atoms. The zero-order chi connectivity index (χ0) is 23.8. The van der Waals surface area contributed by atoms with E-state index in [4.69, 9.17) is 4.74 Å². The topological polar surface area (TPSA) is 105 Å². The molecule has 1 saturated heterocycles. The number of aromatic carboxylic acids is 1. The molecule has 0 aliphatic carbocycles. The van der Waals surface area contributed by atoms with Gasteiger partial charge in [0.15, 0.2) is 5.69 Å².